The fraction of sp³-hybridized carbons (Fsp3) is 0.600. The molecule has 0 bridgehead atoms. The molecule has 1 N–H and O–H groups in total. The highest BCUT2D eigenvalue weighted by molar-refractivity contribution is 5.47. The van der Waals surface area contributed by atoms with Gasteiger partial charge in [-0.05, 0) is 44.3 Å². The van der Waals surface area contributed by atoms with Crippen LogP contribution in [0.15, 0.2) is 24.5 Å². The van der Waals surface area contributed by atoms with E-state index in [0.29, 0.717) is 0 Å². The van der Waals surface area contributed by atoms with Crippen LogP contribution >= 0.6 is 0 Å². The molecule has 5 nitrogen and oxygen atoms in total. The van der Waals surface area contributed by atoms with Crippen molar-refractivity contribution in [2.75, 3.05) is 31.1 Å². The van der Waals surface area contributed by atoms with Gasteiger partial charge in [0.1, 0.15) is 5.82 Å². The van der Waals surface area contributed by atoms with Crippen LogP contribution in [0.5, 0.6) is 0 Å². The molecule has 1 aliphatic heterocycles. The molecule has 2 aromatic heterocycles. The van der Waals surface area contributed by atoms with E-state index in [2.05, 4.69) is 28.3 Å². The lowest BCUT2D eigenvalue weighted by Crippen LogP contribution is -2.39. The van der Waals surface area contributed by atoms with Crippen molar-refractivity contribution in [1.82, 2.24) is 19.9 Å². The van der Waals surface area contributed by atoms with Gasteiger partial charge in [-0.1, -0.05) is 6.92 Å². The second-order valence-electron chi connectivity index (χ2n) is 5.58. The summed E-state index contributed by atoms with van der Waals surface area (Å²) in [5.41, 5.74) is 0.922. The second-order valence-corrected chi connectivity index (χ2v) is 5.58. The summed E-state index contributed by atoms with van der Waals surface area (Å²) in [6.45, 7) is 6.69. The molecule has 5 heteroatoms. The van der Waals surface area contributed by atoms with Gasteiger partial charge in [-0.2, -0.15) is 5.10 Å². The fourth-order valence-corrected chi connectivity index (χ4v) is 2.94. The summed E-state index contributed by atoms with van der Waals surface area (Å²) in [6.07, 6.45) is 7.55. The van der Waals surface area contributed by atoms with Gasteiger partial charge in [0.25, 0.3) is 0 Å². The predicted octanol–water partition coefficient (Wildman–Crippen LogP) is 1.95. The van der Waals surface area contributed by atoms with Crippen LogP contribution in [0.3, 0.4) is 0 Å². The maximum atomic E-state index is 4.73. The van der Waals surface area contributed by atoms with Crippen LogP contribution in [0, 0.1) is 5.92 Å². The number of nitrogens with one attached hydrogen (secondary N) is 1. The molecule has 1 fully saturated rings. The van der Waals surface area contributed by atoms with Crippen LogP contribution in [-0.2, 0) is 0 Å². The number of nitrogens with zero attached hydrogens (tertiary/aromatic N) is 4. The quantitative estimate of drug-likeness (QED) is 0.904. The van der Waals surface area contributed by atoms with Crippen molar-refractivity contribution >= 4 is 11.5 Å². The molecule has 0 radical (unpaired) electrons. The zero-order valence-corrected chi connectivity index (χ0v) is 12.1. The summed E-state index contributed by atoms with van der Waals surface area (Å²) in [6, 6.07) is 4.03. The van der Waals surface area contributed by atoms with Gasteiger partial charge in [0.15, 0.2) is 5.65 Å². The van der Waals surface area contributed by atoms with Gasteiger partial charge in [-0.25, -0.2) is 9.50 Å². The Hall–Kier alpha value is -1.62. The Labute approximate surface area is 120 Å². The van der Waals surface area contributed by atoms with E-state index >= 15 is 0 Å². The third-order valence-electron chi connectivity index (χ3n) is 3.94. The minimum atomic E-state index is 0.734. The van der Waals surface area contributed by atoms with Crippen molar-refractivity contribution in [2.45, 2.75) is 26.2 Å². The van der Waals surface area contributed by atoms with E-state index < -0.39 is 0 Å². The molecule has 0 saturated carbocycles. The Balaban J connectivity index is 1.77. The van der Waals surface area contributed by atoms with Gasteiger partial charge in [0.05, 0.1) is 6.20 Å². The molecular weight excluding hydrogens is 250 g/mol. The first kappa shape index (κ1) is 13.4. The van der Waals surface area contributed by atoms with E-state index in [4.69, 9.17) is 4.98 Å². The van der Waals surface area contributed by atoms with Crippen molar-refractivity contribution in [1.29, 1.82) is 0 Å². The summed E-state index contributed by atoms with van der Waals surface area (Å²) in [4.78, 5) is 7.15. The van der Waals surface area contributed by atoms with E-state index in [1.807, 2.05) is 16.8 Å². The standard InChI is InChI=1S/C15H23N5/c1-2-9-19(12-13-4-3-7-16-11-13)14-6-10-20-15(18-14)5-8-17-20/h5-6,8,10,13,16H,2-4,7,9,11-12H2,1H3. The van der Waals surface area contributed by atoms with Gasteiger partial charge in [-0.3, -0.25) is 0 Å². The normalized spacial score (nSPS) is 19.4. The van der Waals surface area contributed by atoms with Gasteiger partial charge in [-0.15, -0.1) is 0 Å². The van der Waals surface area contributed by atoms with E-state index in [-0.39, 0.29) is 0 Å². The van der Waals surface area contributed by atoms with Crippen LogP contribution in [0.2, 0.25) is 0 Å². The van der Waals surface area contributed by atoms with Crippen LogP contribution in [0.4, 0.5) is 5.82 Å². The number of rotatable bonds is 5. The molecule has 3 heterocycles. The number of piperidine rings is 1. The zero-order valence-electron chi connectivity index (χ0n) is 12.1. The third-order valence-corrected chi connectivity index (χ3v) is 3.94. The van der Waals surface area contributed by atoms with Crippen molar-refractivity contribution < 1.29 is 0 Å². The molecule has 1 aliphatic rings. The lowest BCUT2D eigenvalue weighted by atomic mass is 9.99. The maximum absolute atomic E-state index is 4.73. The average Bonchev–Trinajstić information content (AvgIpc) is 2.95. The Bertz CT molecular complexity index is 544. The Kier molecular flexibility index (Phi) is 4.16. The number of hydrogen-bond acceptors (Lipinski definition) is 4. The molecular formula is C15H23N5. The monoisotopic (exact) mass is 273 g/mol. The van der Waals surface area contributed by atoms with Gasteiger partial charge >= 0.3 is 0 Å². The van der Waals surface area contributed by atoms with E-state index in [1.54, 1.807) is 6.20 Å². The second kappa shape index (κ2) is 6.22. The minimum absolute atomic E-state index is 0.734. The summed E-state index contributed by atoms with van der Waals surface area (Å²) >= 11 is 0. The molecule has 0 spiro atoms. The van der Waals surface area contributed by atoms with Crippen molar-refractivity contribution in [3.8, 4) is 0 Å². The summed E-state index contributed by atoms with van der Waals surface area (Å²) in [5.74, 6) is 1.81. The molecule has 1 unspecified atom stereocenters. The minimum Gasteiger partial charge on any atom is -0.356 e. The highest BCUT2D eigenvalue weighted by atomic mass is 15.3. The van der Waals surface area contributed by atoms with Crippen LogP contribution < -0.4 is 10.2 Å². The predicted molar refractivity (Wildman–Crippen MR) is 81.1 cm³/mol. The van der Waals surface area contributed by atoms with Crippen molar-refractivity contribution in [3.05, 3.63) is 24.5 Å². The molecule has 1 atom stereocenters. The van der Waals surface area contributed by atoms with Crippen LogP contribution in [-0.4, -0.2) is 40.8 Å². The molecule has 0 aromatic carbocycles. The SMILES string of the molecule is CCCN(CC1CCCNC1)c1ccn2nccc2n1. The van der Waals surface area contributed by atoms with E-state index in [0.717, 1.165) is 43.4 Å². The largest absolute Gasteiger partial charge is 0.356 e. The Morgan fingerprint density at radius 1 is 1.45 bits per heavy atom. The summed E-state index contributed by atoms with van der Waals surface area (Å²) < 4.78 is 1.82. The smallest absolute Gasteiger partial charge is 0.157 e. The highest BCUT2D eigenvalue weighted by Gasteiger charge is 2.18. The molecule has 20 heavy (non-hydrogen) atoms. The zero-order chi connectivity index (χ0) is 13.8. The summed E-state index contributed by atoms with van der Waals surface area (Å²) in [5, 5.41) is 7.70. The number of anilines is 1. The maximum Gasteiger partial charge on any atom is 0.157 e. The lowest BCUT2D eigenvalue weighted by molar-refractivity contribution is 0.376. The van der Waals surface area contributed by atoms with Gasteiger partial charge < -0.3 is 10.2 Å². The molecule has 0 aliphatic carbocycles. The van der Waals surface area contributed by atoms with Crippen molar-refractivity contribution in [3.63, 3.8) is 0 Å². The third kappa shape index (κ3) is 2.93. The van der Waals surface area contributed by atoms with Gasteiger partial charge in [0.2, 0.25) is 0 Å². The lowest BCUT2D eigenvalue weighted by Gasteiger charge is -2.30. The number of fused-ring (bicyclic) bond motifs is 1. The average molecular weight is 273 g/mol. The first-order valence-corrected chi connectivity index (χ1v) is 7.63. The number of aromatic nitrogens is 3. The fourth-order valence-electron chi connectivity index (χ4n) is 2.94. The molecule has 0 amide bonds. The van der Waals surface area contributed by atoms with Crippen molar-refractivity contribution in [2.24, 2.45) is 5.92 Å². The Morgan fingerprint density at radius 2 is 2.40 bits per heavy atom. The first-order chi connectivity index (χ1) is 9.86. The number of hydrogen-bond donors (Lipinski definition) is 1. The van der Waals surface area contributed by atoms with Crippen LogP contribution in [0.1, 0.15) is 26.2 Å². The summed E-state index contributed by atoms with van der Waals surface area (Å²) in [7, 11) is 0. The van der Waals surface area contributed by atoms with Crippen LogP contribution in [0.25, 0.3) is 5.65 Å². The van der Waals surface area contributed by atoms with Gasteiger partial charge in [0, 0.05) is 25.4 Å². The Morgan fingerprint density at radius 3 is 3.20 bits per heavy atom. The van der Waals surface area contributed by atoms with E-state index in [9.17, 15) is 0 Å². The first-order valence-electron chi connectivity index (χ1n) is 7.63. The molecule has 2 aromatic rings. The molecule has 3 rings (SSSR count). The van der Waals surface area contributed by atoms with E-state index in [1.165, 1.54) is 19.4 Å². The molecule has 108 valence electrons. The highest BCUT2D eigenvalue weighted by Crippen LogP contribution is 2.18. The molecule has 1 saturated heterocycles. The topological polar surface area (TPSA) is 45.5 Å².